The molecule has 0 radical (unpaired) electrons. The number of amides is 2. The Kier molecular flexibility index (Phi) is 8.44. The second-order valence-electron chi connectivity index (χ2n) is 8.26. The SMILES string of the molecule is CCOc1ccc(-c2csc(=NC(=O)c3ccc(C)nc3)n2CCCNC(=O)C2CCCO2)cc1. The molecule has 0 bridgehead atoms. The van der Waals surface area contributed by atoms with Gasteiger partial charge in [0.05, 0.1) is 17.9 Å². The van der Waals surface area contributed by atoms with E-state index in [1.807, 2.05) is 48.1 Å². The zero-order valence-corrected chi connectivity index (χ0v) is 20.8. The second-order valence-corrected chi connectivity index (χ2v) is 9.10. The highest BCUT2D eigenvalue weighted by Gasteiger charge is 2.22. The summed E-state index contributed by atoms with van der Waals surface area (Å²) in [6.45, 7) is 6.18. The highest BCUT2D eigenvalue weighted by Crippen LogP contribution is 2.23. The van der Waals surface area contributed by atoms with Crippen LogP contribution in [-0.4, -0.2) is 47.2 Å². The summed E-state index contributed by atoms with van der Waals surface area (Å²) in [5, 5.41) is 4.96. The molecule has 0 spiro atoms. The number of aromatic nitrogens is 2. The predicted octanol–water partition coefficient (Wildman–Crippen LogP) is 3.75. The predicted molar refractivity (Wildman–Crippen MR) is 134 cm³/mol. The summed E-state index contributed by atoms with van der Waals surface area (Å²) in [4.78, 5) is 34.3. The molecule has 8 nitrogen and oxygen atoms in total. The van der Waals surface area contributed by atoms with Crippen LogP contribution in [0.2, 0.25) is 0 Å². The number of aryl methyl sites for hydroxylation is 1. The maximum Gasteiger partial charge on any atom is 0.281 e. The Morgan fingerprint density at radius 3 is 2.77 bits per heavy atom. The minimum atomic E-state index is -0.338. The molecule has 9 heteroatoms. The van der Waals surface area contributed by atoms with Crippen molar-refractivity contribution < 1.29 is 19.1 Å². The van der Waals surface area contributed by atoms with Crippen LogP contribution < -0.4 is 14.9 Å². The average Bonchev–Trinajstić information content (AvgIpc) is 3.54. The van der Waals surface area contributed by atoms with Crippen molar-refractivity contribution in [1.82, 2.24) is 14.9 Å². The molecule has 1 saturated heterocycles. The lowest BCUT2D eigenvalue weighted by atomic mass is 10.1. The standard InChI is InChI=1S/C26H30N4O4S/c1-3-33-21-11-9-19(10-12-21)22-17-35-26(29-24(31)20-8-7-18(2)28-16-20)30(22)14-5-13-27-25(32)23-6-4-15-34-23/h7-12,16-17,23H,3-6,13-15H2,1-2H3,(H,27,32). The van der Waals surface area contributed by atoms with E-state index in [1.54, 1.807) is 18.3 Å². The molecule has 35 heavy (non-hydrogen) atoms. The summed E-state index contributed by atoms with van der Waals surface area (Å²) in [6, 6.07) is 11.4. The Labute approximate surface area is 208 Å². The van der Waals surface area contributed by atoms with Crippen molar-refractivity contribution in [2.24, 2.45) is 4.99 Å². The Bertz CT molecular complexity index is 1210. The normalized spacial score (nSPS) is 15.8. The van der Waals surface area contributed by atoms with Crippen LogP contribution >= 0.6 is 11.3 Å². The topological polar surface area (TPSA) is 94.8 Å². The number of nitrogens with zero attached hydrogens (tertiary/aromatic N) is 3. The van der Waals surface area contributed by atoms with Crippen LogP contribution in [0.5, 0.6) is 5.75 Å². The van der Waals surface area contributed by atoms with Crippen molar-refractivity contribution >= 4 is 23.2 Å². The molecule has 1 N–H and O–H groups in total. The molecule has 2 amide bonds. The second kappa shape index (κ2) is 11.9. The van der Waals surface area contributed by atoms with E-state index in [2.05, 4.69) is 15.3 Å². The van der Waals surface area contributed by atoms with Gasteiger partial charge in [0.1, 0.15) is 11.9 Å². The van der Waals surface area contributed by atoms with Gasteiger partial charge in [-0.2, -0.15) is 4.99 Å². The molecule has 1 unspecified atom stereocenters. The van der Waals surface area contributed by atoms with E-state index in [-0.39, 0.29) is 17.9 Å². The number of carbonyl (C=O) groups is 2. The van der Waals surface area contributed by atoms with Crippen molar-refractivity contribution in [1.29, 1.82) is 0 Å². The fourth-order valence-corrected chi connectivity index (χ4v) is 4.78. The summed E-state index contributed by atoms with van der Waals surface area (Å²) in [7, 11) is 0. The van der Waals surface area contributed by atoms with Crippen molar-refractivity contribution in [3.63, 3.8) is 0 Å². The number of thiazole rings is 1. The monoisotopic (exact) mass is 494 g/mol. The number of hydrogen-bond donors (Lipinski definition) is 1. The molecule has 1 aromatic carbocycles. The zero-order chi connectivity index (χ0) is 24.6. The smallest absolute Gasteiger partial charge is 0.281 e. The molecule has 2 aromatic heterocycles. The Balaban J connectivity index is 1.55. The molecule has 3 heterocycles. The minimum Gasteiger partial charge on any atom is -0.494 e. The summed E-state index contributed by atoms with van der Waals surface area (Å²) in [5.41, 5.74) is 3.24. The van der Waals surface area contributed by atoms with Gasteiger partial charge in [0.25, 0.3) is 5.91 Å². The van der Waals surface area contributed by atoms with Crippen molar-refractivity contribution in [3.05, 3.63) is 64.0 Å². The largest absolute Gasteiger partial charge is 0.494 e. The fourth-order valence-electron chi connectivity index (χ4n) is 3.85. The molecule has 184 valence electrons. The van der Waals surface area contributed by atoms with Crippen molar-refractivity contribution in [3.8, 4) is 17.0 Å². The third kappa shape index (κ3) is 6.43. The van der Waals surface area contributed by atoms with Crippen LogP contribution in [0.25, 0.3) is 11.3 Å². The number of pyridine rings is 1. The maximum atomic E-state index is 12.8. The number of rotatable bonds is 9. The number of nitrogens with one attached hydrogen (secondary N) is 1. The lowest BCUT2D eigenvalue weighted by Gasteiger charge is -2.12. The Morgan fingerprint density at radius 1 is 1.26 bits per heavy atom. The molecular formula is C26H30N4O4S. The molecule has 4 rings (SSSR count). The van der Waals surface area contributed by atoms with E-state index in [1.165, 1.54) is 11.3 Å². The lowest BCUT2D eigenvalue weighted by molar-refractivity contribution is -0.130. The van der Waals surface area contributed by atoms with Gasteiger partial charge < -0.3 is 19.4 Å². The van der Waals surface area contributed by atoms with Crippen LogP contribution in [0.1, 0.15) is 42.2 Å². The number of benzene rings is 1. The van der Waals surface area contributed by atoms with Crippen LogP contribution in [0, 0.1) is 6.92 Å². The summed E-state index contributed by atoms with van der Waals surface area (Å²) in [5.74, 6) is 0.413. The molecular weight excluding hydrogens is 464 g/mol. The van der Waals surface area contributed by atoms with Crippen LogP contribution in [0.15, 0.2) is 53.0 Å². The molecule has 3 aromatic rings. The van der Waals surface area contributed by atoms with Crippen molar-refractivity contribution in [2.75, 3.05) is 19.8 Å². The van der Waals surface area contributed by atoms with Crippen LogP contribution in [-0.2, 0) is 16.1 Å². The summed E-state index contributed by atoms with van der Waals surface area (Å²) in [6.07, 6.45) is 3.59. The van der Waals surface area contributed by atoms with E-state index in [9.17, 15) is 9.59 Å². The van der Waals surface area contributed by atoms with Gasteiger partial charge in [-0.15, -0.1) is 11.3 Å². The van der Waals surface area contributed by atoms with E-state index in [0.717, 1.165) is 35.5 Å². The van der Waals surface area contributed by atoms with Gasteiger partial charge in [0.15, 0.2) is 4.80 Å². The van der Waals surface area contributed by atoms with Gasteiger partial charge in [-0.1, -0.05) is 0 Å². The highest BCUT2D eigenvalue weighted by atomic mass is 32.1. The highest BCUT2D eigenvalue weighted by molar-refractivity contribution is 7.07. The van der Waals surface area contributed by atoms with Gasteiger partial charge in [0, 0.05) is 37.0 Å². The molecule has 1 atom stereocenters. The Hall–Kier alpha value is -3.30. The Morgan fingerprint density at radius 2 is 2.09 bits per heavy atom. The minimum absolute atomic E-state index is 0.0588. The fraction of sp³-hybridized carbons (Fsp3) is 0.385. The van der Waals surface area contributed by atoms with E-state index >= 15 is 0 Å². The lowest BCUT2D eigenvalue weighted by Crippen LogP contribution is -2.35. The zero-order valence-electron chi connectivity index (χ0n) is 20.0. The molecule has 0 saturated carbocycles. The third-order valence-electron chi connectivity index (χ3n) is 5.69. The van der Waals surface area contributed by atoms with Crippen molar-refractivity contribution in [2.45, 2.75) is 45.8 Å². The first-order valence-corrected chi connectivity index (χ1v) is 12.8. The molecule has 1 aliphatic heterocycles. The molecule has 1 fully saturated rings. The van der Waals surface area contributed by atoms with E-state index in [4.69, 9.17) is 9.47 Å². The number of ether oxygens (including phenoxy) is 2. The average molecular weight is 495 g/mol. The first kappa shape index (κ1) is 24.8. The van der Waals surface area contributed by atoms with Gasteiger partial charge in [0.2, 0.25) is 5.91 Å². The van der Waals surface area contributed by atoms with Gasteiger partial charge in [-0.3, -0.25) is 14.6 Å². The third-order valence-corrected chi connectivity index (χ3v) is 6.56. The van der Waals surface area contributed by atoms with E-state index in [0.29, 0.717) is 43.1 Å². The number of hydrogen-bond acceptors (Lipinski definition) is 6. The molecule has 1 aliphatic rings. The molecule has 0 aliphatic carbocycles. The van der Waals surface area contributed by atoms with Crippen LogP contribution in [0.3, 0.4) is 0 Å². The first-order valence-electron chi connectivity index (χ1n) is 11.9. The van der Waals surface area contributed by atoms with E-state index < -0.39 is 0 Å². The van der Waals surface area contributed by atoms with Gasteiger partial charge in [-0.05, 0) is 75.1 Å². The van der Waals surface area contributed by atoms with Crippen LogP contribution in [0.4, 0.5) is 0 Å². The quantitative estimate of drug-likeness (QED) is 0.457. The summed E-state index contributed by atoms with van der Waals surface area (Å²) >= 11 is 1.41. The maximum absolute atomic E-state index is 12.8. The van der Waals surface area contributed by atoms with Gasteiger partial charge in [-0.25, -0.2) is 0 Å². The summed E-state index contributed by atoms with van der Waals surface area (Å²) < 4.78 is 13.0. The van der Waals surface area contributed by atoms with Gasteiger partial charge >= 0.3 is 0 Å². The first-order chi connectivity index (χ1) is 17.0. The number of carbonyl (C=O) groups excluding carboxylic acids is 2.